The second-order valence-corrected chi connectivity index (χ2v) is 3.10. The Bertz CT molecular complexity index is 352. The van der Waals surface area contributed by atoms with E-state index in [1.807, 2.05) is 0 Å². The molecule has 1 rings (SSSR count). The molecule has 2 N–H and O–H groups in total. The molecule has 1 aromatic rings. The summed E-state index contributed by atoms with van der Waals surface area (Å²) in [7, 11) is 1.41. The highest BCUT2D eigenvalue weighted by Crippen LogP contribution is 2.19. The van der Waals surface area contributed by atoms with Crippen molar-refractivity contribution in [3.8, 4) is 5.75 Å². The average molecular weight is 210 g/mol. The van der Waals surface area contributed by atoms with Gasteiger partial charge in [0.05, 0.1) is 7.11 Å². The first-order chi connectivity index (χ1) is 7.13. The Morgan fingerprint density at radius 2 is 2.33 bits per heavy atom. The largest absolute Gasteiger partial charge is 0.494 e. The molecule has 0 aliphatic carbocycles. The fourth-order valence-corrected chi connectivity index (χ4v) is 1.19. The molecule has 0 fully saturated rings. The summed E-state index contributed by atoms with van der Waals surface area (Å²) in [5.41, 5.74) is 5.70. The second kappa shape index (κ2) is 5.34. The molecule has 0 saturated heterocycles. The maximum absolute atomic E-state index is 13.2. The minimum absolute atomic E-state index is 0.210. The number of halogens is 1. The van der Waals surface area contributed by atoms with E-state index in [1.54, 1.807) is 18.6 Å². The smallest absolute Gasteiger partial charge is 0.217 e. The van der Waals surface area contributed by atoms with Crippen LogP contribution in [-0.2, 0) is 4.79 Å². The Kier molecular flexibility index (Phi) is 4.09. The van der Waals surface area contributed by atoms with Gasteiger partial charge in [0.25, 0.3) is 0 Å². The number of hydrogen-bond acceptors (Lipinski definition) is 2. The molecule has 0 aliphatic rings. The van der Waals surface area contributed by atoms with Crippen LogP contribution in [0.3, 0.4) is 0 Å². The van der Waals surface area contributed by atoms with Crippen molar-refractivity contribution in [1.82, 2.24) is 0 Å². The van der Waals surface area contributed by atoms with E-state index in [4.69, 9.17) is 10.5 Å². The summed E-state index contributed by atoms with van der Waals surface area (Å²) in [6.07, 6.45) is 2.54. The zero-order valence-corrected chi connectivity index (χ0v) is 8.50. The van der Waals surface area contributed by atoms with Crippen LogP contribution in [0.1, 0.15) is 18.4 Å². The van der Waals surface area contributed by atoms with Gasteiger partial charge in [0.15, 0.2) is 11.6 Å². The average Bonchev–Trinajstić information content (AvgIpc) is 2.17. The van der Waals surface area contributed by atoms with E-state index in [0.29, 0.717) is 6.42 Å². The van der Waals surface area contributed by atoms with Crippen LogP contribution in [0.5, 0.6) is 5.75 Å². The minimum atomic E-state index is -0.412. The van der Waals surface area contributed by atoms with Crippen molar-refractivity contribution in [2.45, 2.75) is 12.8 Å². The minimum Gasteiger partial charge on any atom is -0.494 e. The van der Waals surface area contributed by atoms with Crippen molar-refractivity contribution in [3.05, 3.63) is 36.0 Å². The van der Waals surface area contributed by atoms with Crippen LogP contribution in [0, 0.1) is 12.2 Å². The lowest BCUT2D eigenvalue weighted by molar-refractivity contribution is -0.117. The van der Waals surface area contributed by atoms with Crippen molar-refractivity contribution < 1.29 is 13.9 Å². The summed E-state index contributed by atoms with van der Waals surface area (Å²) in [4.78, 5) is 10.5. The highest BCUT2D eigenvalue weighted by molar-refractivity contribution is 5.73. The molecule has 3 nitrogen and oxygen atoms in total. The number of rotatable bonds is 5. The van der Waals surface area contributed by atoms with Crippen molar-refractivity contribution in [2.75, 3.05) is 7.11 Å². The van der Waals surface area contributed by atoms with Crippen LogP contribution in [0.15, 0.2) is 18.2 Å². The van der Waals surface area contributed by atoms with Crippen LogP contribution < -0.4 is 10.5 Å². The molecule has 1 radical (unpaired) electrons. The van der Waals surface area contributed by atoms with Crippen LogP contribution in [-0.4, -0.2) is 13.0 Å². The van der Waals surface area contributed by atoms with Crippen LogP contribution >= 0.6 is 0 Å². The molecule has 81 valence electrons. The van der Waals surface area contributed by atoms with Gasteiger partial charge in [-0.25, -0.2) is 4.39 Å². The highest BCUT2D eigenvalue weighted by atomic mass is 19.1. The molecule has 15 heavy (non-hydrogen) atoms. The molecule has 1 aromatic carbocycles. The third-order valence-corrected chi connectivity index (χ3v) is 1.95. The number of primary amides is 1. The monoisotopic (exact) mass is 210 g/mol. The molecule has 0 spiro atoms. The number of nitrogens with two attached hydrogens (primary N) is 1. The van der Waals surface area contributed by atoms with E-state index in [-0.39, 0.29) is 18.1 Å². The van der Waals surface area contributed by atoms with Crippen LogP contribution in [0.4, 0.5) is 4.39 Å². The van der Waals surface area contributed by atoms with Crippen molar-refractivity contribution >= 4 is 5.91 Å². The third kappa shape index (κ3) is 3.58. The zero-order valence-electron chi connectivity index (χ0n) is 8.50. The summed E-state index contributed by atoms with van der Waals surface area (Å²) in [6.45, 7) is 0. The summed E-state index contributed by atoms with van der Waals surface area (Å²) in [6, 6.07) is 4.63. The first-order valence-electron chi connectivity index (χ1n) is 4.58. The first-order valence-corrected chi connectivity index (χ1v) is 4.58. The number of carbonyl (C=O) groups is 1. The molecular weight excluding hydrogens is 197 g/mol. The number of amides is 1. The number of carbonyl (C=O) groups excluding carboxylic acids is 1. The molecule has 0 aromatic heterocycles. The van der Waals surface area contributed by atoms with E-state index in [1.165, 1.54) is 13.2 Å². The van der Waals surface area contributed by atoms with Crippen LogP contribution in [0.2, 0.25) is 0 Å². The van der Waals surface area contributed by atoms with Gasteiger partial charge in [-0.1, -0.05) is 6.07 Å². The van der Waals surface area contributed by atoms with Gasteiger partial charge in [-0.05, 0) is 30.5 Å². The fourth-order valence-electron chi connectivity index (χ4n) is 1.19. The molecule has 1 amide bonds. The van der Waals surface area contributed by atoms with Crippen molar-refractivity contribution in [1.29, 1.82) is 0 Å². The van der Waals surface area contributed by atoms with Gasteiger partial charge in [0, 0.05) is 6.42 Å². The number of methoxy groups -OCH3 is 1. The van der Waals surface area contributed by atoms with E-state index in [2.05, 4.69) is 0 Å². The summed E-state index contributed by atoms with van der Waals surface area (Å²) >= 11 is 0. The predicted octanol–water partition coefficient (Wildman–Crippen LogP) is 1.65. The molecule has 0 bridgehead atoms. The lowest BCUT2D eigenvalue weighted by Gasteiger charge is -2.04. The summed E-state index contributed by atoms with van der Waals surface area (Å²) < 4.78 is 18.0. The Hall–Kier alpha value is -1.58. The van der Waals surface area contributed by atoms with E-state index in [0.717, 1.165) is 5.56 Å². The fraction of sp³-hybridized carbons (Fsp3) is 0.273. The van der Waals surface area contributed by atoms with Crippen molar-refractivity contribution in [3.63, 3.8) is 0 Å². The lowest BCUT2D eigenvalue weighted by Crippen LogP contribution is -2.09. The van der Waals surface area contributed by atoms with Gasteiger partial charge in [0.1, 0.15) is 0 Å². The van der Waals surface area contributed by atoms with Gasteiger partial charge in [-0.3, -0.25) is 4.79 Å². The molecule has 4 heteroatoms. The third-order valence-electron chi connectivity index (χ3n) is 1.95. The quantitative estimate of drug-likeness (QED) is 0.803. The standard InChI is InChI=1S/C11H13FNO2/c1-15-10-6-5-8(7-9(10)12)3-2-4-11(13)14/h3,5-7H,2,4H2,1H3,(H2,13,14). The number of hydrogen-bond donors (Lipinski definition) is 1. The maximum atomic E-state index is 13.2. The Morgan fingerprint density at radius 1 is 1.60 bits per heavy atom. The number of benzene rings is 1. The molecule has 0 unspecified atom stereocenters. The van der Waals surface area contributed by atoms with Gasteiger partial charge in [0.2, 0.25) is 5.91 Å². The highest BCUT2D eigenvalue weighted by Gasteiger charge is 2.03. The lowest BCUT2D eigenvalue weighted by atomic mass is 10.1. The van der Waals surface area contributed by atoms with E-state index < -0.39 is 5.82 Å². The van der Waals surface area contributed by atoms with Gasteiger partial charge in [-0.15, -0.1) is 0 Å². The zero-order chi connectivity index (χ0) is 11.3. The summed E-state index contributed by atoms with van der Waals surface area (Å²) in [5.74, 6) is -0.562. The Labute approximate surface area is 88.0 Å². The Balaban J connectivity index is 2.55. The molecule has 0 aliphatic heterocycles. The van der Waals surface area contributed by atoms with Gasteiger partial charge >= 0.3 is 0 Å². The molecule has 0 heterocycles. The van der Waals surface area contributed by atoms with Crippen molar-refractivity contribution in [2.24, 2.45) is 5.73 Å². The maximum Gasteiger partial charge on any atom is 0.217 e. The molecule has 0 saturated carbocycles. The van der Waals surface area contributed by atoms with Gasteiger partial charge in [-0.2, -0.15) is 0 Å². The molecular formula is C11H13FNO2. The number of ether oxygens (including phenoxy) is 1. The summed E-state index contributed by atoms with van der Waals surface area (Å²) in [5, 5.41) is 0. The normalized spacial score (nSPS) is 10.0. The topological polar surface area (TPSA) is 52.3 Å². The first kappa shape index (κ1) is 11.5. The Morgan fingerprint density at radius 3 is 2.87 bits per heavy atom. The molecule has 0 atom stereocenters. The van der Waals surface area contributed by atoms with Crippen LogP contribution in [0.25, 0.3) is 0 Å². The predicted molar refractivity (Wildman–Crippen MR) is 54.8 cm³/mol. The second-order valence-electron chi connectivity index (χ2n) is 3.10. The van der Waals surface area contributed by atoms with E-state index in [9.17, 15) is 9.18 Å². The van der Waals surface area contributed by atoms with E-state index >= 15 is 0 Å². The van der Waals surface area contributed by atoms with Gasteiger partial charge < -0.3 is 10.5 Å². The SMILES string of the molecule is COc1ccc([CH]CCC(N)=O)cc1F.